The fourth-order valence-electron chi connectivity index (χ4n) is 1.54. The normalized spacial score (nSPS) is 21.1. The lowest BCUT2D eigenvalue weighted by Crippen LogP contribution is -2.39. The Bertz CT molecular complexity index is 152. The second kappa shape index (κ2) is 4.72. The number of hydrogen-bond acceptors (Lipinski definition) is 3. The van der Waals surface area contributed by atoms with Crippen LogP contribution in [-0.4, -0.2) is 41.9 Å². The lowest BCUT2D eigenvalue weighted by Gasteiger charge is -2.30. The number of likely N-dealkylation sites (tertiary alicyclic amines) is 1. The summed E-state index contributed by atoms with van der Waals surface area (Å²) in [6.45, 7) is 2.86. The van der Waals surface area contributed by atoms with E-state index in [1.54, 1.807) is 0 Å². The van der Waals surface area contributed by atoms with Crippen LogP contribution in [0, 0.1) is 5.41 Å². The van der Waals surface area contributed by atoms with Gasteiger partial charge in [-0.3, -0.25) is 10.3 Å². The van der Waals surface area contributed by atoms with Crippen LogP contribution < -0.4 is 5.73 Å². The number of hydrogen-bond donors (Lipinski definition) is 2. The van der Waals surface area contributed by atoms with Crippen molar-refractivity contribution in [1.82, 2.24) is 4.90 Å². The Morgan fingerprint density at radius 1 is 1.58 bits per heavy atom. The van der Waals surface area contributed by atoms with Gasteiger partial charge in [0.05, 0.1) is 6.54 Å². The highest BCUT2D eigenvalue weighted by Crippen LogP contribution is 2.20. The summed E-state index contributed by atoms with van der Waals surface area (Å²) in [7, 11) is 0. The SMILES string of the molecule is CSC1CCN(CC(=N)N)CC1. The molecular formula is C8H17N3S. The Labute approximate surface area is 78.2 Å². The lowest BCUT2D eigenvalue weighted by atomic mass is 10.1. The van der Waals surface area contributed by atoms with Gasteiger partial charge < -0.3 is 5.73 Å². The van der Waals surface area contributed by atoms with Crippen LogP contribution in [0.1, 0.15) is 12.8 Å². The molecule has 12 heavy (non-hydrogen) atoms. The Balaban J connectivity index is 2.21. The maximum Gasteiger partial charge on any atom is 0.105 e. The van der Waals surface area contributed by atoms with Gasteiger partial charge in [0.15, 0.2) is 0 Å². The minimum absolute atomic E-state index is 0.289. The van der Waals surface area contributed by atoms with Crippen molar-refractivity contribution in [3.05, 3.63) is 0 Å². The van der Waals surface area contributed by atoms with E-state index in [1.165, 1.54) is 12.8 Å². The molecule has 0 radical (unpaired) electrons. The molecule has 3 nitrogen and oxygen atoms in total. The molecule has 0 aromatic rings. The Morgan fingerprint density at radius 3 is 2.58 bits per heavy atom. The van der Waals surface area contributed by atoms with E-state index in [-0.39, 0.29) is 5.84 Å². The molecule has 0 bridgehead atoms. The maximum absolute atomic E-state index is 7.16. The summed E-state index contributed by atoms with van der Waals surface area (Å²) in [5.41, 5.74) is 5.33. The van der Waals surface area contributed by atoms with E-state index in [0.717, 1.165) is 18.3 Å². The third kappa shape index (κ3) is 3.03. The molecule has 0 atom stereocenters. The molecular weight excluding hydrogens is 170 g/mol. The van der Waals surface area contributed by atoms with Crippen molar-refractivity contribution in [3.63, 3.8) is 0 Å². The fraction of sp³-hybridized carbons (Fsp3) is 0.875. The highest BCUT2D eigenvalue weighted by atomic mass is 32.2. The standard InChI is InChI=1S/C8H17N3S/c1-12-7-2-4-11(5-3-7)6-8(9)10/h7H,2-6H2,1H3,(H3,9,10). The maximum atomic E-state index is 7.16. The smallest absolute Gasteiger partial charge is 0.105 e. The number of nitrogens with two attached hydrogens (primary N) is 1. The highest BCUT2D eigenvalue weighted by Gasteiger charge is 2.17. The number of piperidine rings is 1. The van der Waals surface area contributed by atoms with E-state index >= 15 is 0 Å². The molecule has 1 aliphatic heterocycles. The molecule has 1 heterocycles. The van der Waals surface area contributed by atoms with Crippen molar-refractivity contribution in [2.45, 2.75) is 18.1 Å². The van der Waals surface area contributed by atoms with Gasteiger partial charge in [0.25, 0.3) is 0 Å². The first kappa shape index (κ1) is 9.86. The van der Waals surface area contributed by atoms with Crippen LogP contribution in [0.2, 0.25) is 0 Å². The number of amidine groups is 1. The van der Waals surface area contributed by atoms with E-state index in [0.29, 0.717) is 6.54 Å². The van der Waals surface area contributed by atoms with Crippen molar-refractivity contribution >= 4 is 17.6 Å². The average molecular weight is 187 g/mol. The van der Waals surface area contributed by atoms with Crippen LogP contribution in [0.4, 0.5) is 0 Å². The monoisotopic (exact) mass is 187 g/mol. The van der Waals surface area contributed by atoms with Gasteiger partial charge in [0.2, 0.25) is 0 Å². The first-order valence-electron chi connectivity index (χ1n) is 4.30. The van der Waals surface area contributed by atoms with E-state index in [4.69, 9.17) is 11.1 Å². The zero-order valence-corrected chi connectivity index (χ0v) is 8.36. The molecule has 0 aromatic carbocycles. The molecule has 0 unspecified atom stereocenters. The average Bonchev–Trinajstić information content (AvgIpc) is 2.05. The summed E-state index contributed by atoms with van der Waals surface area (Å²) in [4.78, 5) is 2.26. The molecule has 70 valence electrons. The van der Waals surface area contributed by atoms with Crippen LogP contribution >= 0.6 is 11.8 Å². The molecule has 0 amide bonds. The van der Waals surface area contributed by atoms with Gasteiger partial charge in [-0.05, 0) is 32.2 Å². The summed E-state index contributed by atoms with van der Waals surface area (Å²) in [6, 6.07) is 0. The minimum Gasteiger partial charge on any atom is -0.387 e. The first-order valence-corrected chi connectivity index (χ1v) is 5.59. The molecule has 0 spiro atoms. The predicted octanol–water partition coefficient (Wildman–Crippen LogP) is 0.750. The Hall–Kier alpha value is -0.220. The Morgan fingerprint density at radius 2 is 2.17 bits per heavy atom. The van der Waals surface area contributed by atoms with Gasteiger partial charge in [-0.1, -0.05) is 0 Å². The van der Waals surface area contributed by atoms with E-state index in [9.17, 15) is 0 Å². The molecule has 0 aromatic heterocycles. The quantitative estimate of drug-likeness (QED) is 0.506. The fourth-order valence-corrected chi connectivity index (χ4v) is 2.23. The molecule has 1 fully saturated rings. The minimum atomic E-state index is 0.289. The summed E-state index contributed by atoms with van der Waals surface area (Å²) < 4.78 is 0. The van der Waals surface area contributed by atoms with Gasteiger partial charge in [-0.15, -0.1) is 0 Å². The summed E-state index contributed by atoms with van der Waals surface area (Å²) in [5.74, 6) is 0.289. The van der Waals surface area contributed by atoms with Crippen molar-refractivity contribution in [1.29, 1.82) is 5.41 Å². The van der Waals surface area contributed by atoms with Crippen LogP contribution in [-0.2, 0) is 0 Å². The van der Waals surface area contributed by atoms with E-state index in [1.807, 2.05) is 11.8 Å². The molecule has 1 aliphatic rings. The molecule has 1 saturated heterocycles. The van der Waals surface area contributed by atoms with Gasteiger partial charge in [0, 0.05) is 5.25 Å². The van der Waals surface area contributed by atoms with Gasteiger partial charge in [-0.2, -0.15) is 11.8 Å². The van der Waals surface area contributed by atoms with Gasteiger partial charge >= 0.3 is 0 Å². The number of nitrogens with zero attached hydrogens (tertiary/aromatic N) is 1. The zero-order valence-electron chi connectivity index (χ0n) is 7.55. The van der Waals surface area contributed by atoms with Crippen LogP contribution in [0.3, 0.4) is 0 Å². The van der Waals surface area contributed by atoms with Crippen molar-refractivity contribution in [3.8, 4) is 0 Å². The predicted molar refractivity (Wildman–Crippen MR) is 54.9 cm³/mol. The van der Waals surface area contributed by atoms with E-state index in [2.05, 4.69) is 11.2 Å². The molecule has 3 N–H and O–H groups in total. The molecule has 4 heteroatoms. The lowest BCUT2D eigenvalue weighted by molar-refractivity contribution is 0.262. The zero-order chi connectivity index (χ0) is 8.97. The van der Waals surface area contributed by atoms with Gasteiger partial charge in [-0.25, -0.2) is 0 Å². The largest absolute Gasteiger partial charge is 0.387 e. The van der Waals surface area contributed by atoms with Gasteiger partial charge in [0.1, 0.15) is 5.84 Å². The van der Waals surface area contributed by atoms with Crippen molar-refractivity contribution in [2.24, 2.45) is 5.73 Å². The van der Waals surface area contributed by atoms with Crippen molar-refractivity contribution in [2.75, 3.05) is 25.9 Å². The Kier molecular flexibility index (Phi) is 3.88. The second-order valence-corrected chi connectivity index (χ2v) is 4.37. The third-order valence-corrected chi connectivity index (χ3v) is 3.40. The summed E-state index contributed by atoms with van der Waals surface area (Å²) in [6.07, 6.45) is 4.66. The number of nitrogens with one attached hydrogen (secondary N) is 1. The summed E-state index contributed by atoms with van der Waals surface area (Å²) >= 11 is 1.96. The van der Waals surface area contributed by atoms with Crippen LogP contribution in [0.5, 0.6) is 0 Å². The number of thioether (sulfide) groups is 1. The topological polar surface area (TPSA) is 53.1 Å². The summed E-state index contributed by atoms with van der Waals surface area (Å²) in [5, 5.41) is 7.98. The molecule has 0 aliphatic carbocycles. The third-order valence-electron chi connectivity index (χ3n) is 2.26. The number of rotatable bonds is 3. The van der Waals surface area contributed by atoms with Crippen LogP contribution in [0.25, 0.3) is 0 Å². The van der Waals surface area contributed by atoms with Crippen LogP contribution in [0.15, 0.2) is 0 Å². The highest BCUT2D eigenvalue weighted by molar-refractivity contribution is 7.99. The van der Waals surface area contributed by atoms with E-state index < -0.39 is 0 Å². The molecule has 1 rings (SSSR count). The first-order chi connectivity index (χ1) is 5.72. The second-order valence-electron chi connectivity index (χ2n) is 3.24. The van der Waals surface area contributed by atoms with Crippen molar-refractivity contribution < 1.29 is 0 Å². The molecule has 0 saturated carbocycles.